The van der Waals surface area contributed by atoms with Crippen molar-refractivity contribution in [2.24, 2.45) is 0 Å². The Balaban J connectivity index is 2.48. The number of piperidine rings is 1. The number of esters is 1. The number of halogens is 1. The van der Waals surface area contributed by atoms with Gasteiger partial charge in [0.15, 0.2) is 0 Å². The number of rotatable bonds is 6. The Morgan fingerprint density at radius 1 is 1.52 bits per heavy atom. The fraction of sp³-hybridized carbons (Fsp3) is 0.600. The highest BCUT2D eigenvalue weighted by Crippen LogP contribution is 2.33. The van der Waals surface area contributed by atoms with Crippen LogP contribution in [0, 0.1) is 10.1 Å². The molecule has 12 heteroatoms. The van der Waals surface area contributed by atoms with Crippen molar-refractivity contribution in [2.75, 3.05) is 25.1 Å². The lowest BCUT2D eigenvalue weighted by atomic mass is 10.00. The van der Waals surface area contributed by atoms with Gasteiger partial charge in [0, 0.05) is 19.1 Å². The molecule has 1 saturated heterocycles. The summed E-state index contributed by atoms with van der Waals surface area (Å²) in [6.45, 7) is 2.22. The summed E-state index contributed by atoms with van der Waals surface area (Å²) < 4.78 is 4.86. The Labute approximate surface area is 160 Å². The number of carbonyl (C=O) groups excluding carboxylic acids is 1. The van der Waals surface area contributed by atoms with E-state index in [2.05, 4.69) is 9.97 Å². The quantitative estimate of drug-likeness (QED) is 0.327. The number of carboxylic acid groups (broad SMARTS) is 1. The molecule has 0 bridgehead atoms. The molecule has 1 aliphatic heterocycles. The smallest absolute Gasteiger partial charge is 0.407 e. The molecule has 0 radical (unpaired) electrons. The van der Waals surface area contributed by atoms with E-state index in [0.29, 0.717) is 19.3 Å². The minimum Gasteiger partial charge on any atom is -0.467 e. The van der Waals surface area contributed by atoms with Crippen LogP contribution in [0.1, 0.15) is 26.2 Å². The number of amides is 1. The highest BCUT2D eigenvalue weighted by atomic mass is 35.5. The third-order valence-electron chi connectivity index (χ3n) is 4.49. The molecule has 1 N–H and O–H groups in total. The van der Waals surface area contributed by atoms with Crippen molar-refractivity contribution in [3.8, 4) is 0 Å². The number of methoxy groups -OCH3 is 1. The van der Waals surface area contributed by atoms with Gasteiger partial charge < -0.3 is 19.6 Å². The highest BCUT2D eigenvalue weighted by molar-refractivity contribution is 6.28. The Morgan fingerprint density at radius 2 is 2.15 bits per heavy atom. The Bertz CT molecular complexity index is 725. The minimum atomic E-state index is -1.03. The van der Waals surface area contributed by atoms with E-state index >= 15 is 0 Å². The maximum atomic E-state index is 12.3. The standard InChI is InChI=1S/C15H20ClN5O6/c1-3-10(13(22)27-2)20(9-4-6-19(7-5-9)15(23)24)12-11(21(25)26)8-17-14(16)18-12/h8-10H,3-7H2,1-2H3,(H,23,24). The molecule has 11 nitrogen and oxygen atoms in total. The monoisotopic (exact) mass is 401 g/mol. The van der Waals surface area contributed by atoms with E-state index in [1.807, 2.05) is 0 Å². The van der Waals surface area contributed by atoms with Crippen LogP contribution in [0.3, 0.4) is 0 Å². The fourth-order valence-corrected chi connectivity index (χ4v) is 3.32. The summed E-state index contributed by atoms with van der Waals surface area (Å²) in [6.07, 6.45) is 1.02. The van der Waals surface area contributed by atoms with Crippen molar-refractivity contribution in [2.45, 2.75) is 38.3 Å². The second-order valence-corrected chi connectivity index (χ2v) is 6.30. The largest absolute Gasteiger partial charge is 0.467 e. The normalized spacial score (nSPS) is 15.9. The molecule has 1 atom stereocenters. The summed E-state index contributed by atoms with van der Waals surface area (Å²) in [4.78, 5) is 44.7. The van der Waals surface area contributed by atoms with Gasteiger partial charge in [0.2, 0.25) is 11.1 Å². The molecular weight excluding hydrogens is 382 g/mol. The van der Waals surface area contributed by atoms with Gasteiger partial charge in [-0.25, -0.2) is 14.6 Å². The summed E-state index contributed by atoms with van der Waals surface area (Å²) >= 11 is 5.86. The van der Waals surface area contributed by atoms with Crippen LogP contribution in [0.15, 0.2) is 6.20 Å². The van der Waals surface area contributed by atoms with Crippen LogP contribution in [-0.2, 0) is 9.53 Å². The second-order valence-electron chi connectivity index (χ2n) is 5.96. The molecule has 1 unspecified atom stereocenters. The molecule has 2 rings (SSSR count). The van der Waals surface area contributed by atoms with Crippen LogP contribution in [-0.4, -0.2) is 69.2 Å². The number of hydrogen-bond donors (Lipinski definition) is 1. The Hall–Kier alpha value is -2.69. The van der Waals surface area contributed by atoms with Gasteiger partial charge in [-0.1, -0.05) is 6.92 Å². The van der Waals surface area contributed by atoms with Gasteiger partial charge in [0.05, 0.1) is 12.0 Å². The summed E-state index contributed by atoms with van der Waals surface area (Å²) in [5, 5.41) is 20.4. The van der Waals surface area contributed by atoms with Crippen LogP contribution in [0.2, 0.25) is 5.28 Å². The average molecular weight is 402 g/mol. The van der Waals surface area contributed by atoms with Crippen molar-refractivity contribution in [1.82, 2.24) is 14.9 Å². The number of carbonyl (C=O) groups is 2. The molecule has 1 aromatic rings. The van der Waals surface area contributed by atoms with Crippen molar-refractivity contribution in [3.05, 3.63) is 21.6 Å². The van der Waals surface area contributed by atoms with Crippen LogP contribution in [0.25, 0.3) is 0 Å². The van der Waals surface area contributed by atoms with Gasteiger partial charge in [-0.3, -0.25) is 10.1 Å². The van der Waals surface area contributed by atoms with E-state index < -0.39 is 23.0 Å². The van der Waals surface area contributed by atoms with E-state index in [9.17, 15) is 19.7 Å². The van der Waals surface area contributed by atoms with Gasteiger partial charge in [-0.05, 0) is 30.9 Å². The topological polar surface area (TPSA) is 139 Å². The van der Waals surface area contributed by atoms with Crippen molar-refractivity contribution >= 4 is 35.2 Å². The number of likely N-dealkylation sites (tertiary alicyclic amines) is 1. The lowest BCUT2D eigenvalue weighted by molar-refractivity contribution is -0.384. The van der Waals surface area contributed by atoms with E-state index in [0.717, 1.165) is 6.20 Å². The van der Waals surface area contributed by atoms with Crippen molar-refractivity contribution in [3.63, 3.8) is 0 Å². The first-order valence-corrected chi connectivity index (χ1v) is 8.68. The first-order valence-electron chi connectivity index (χ1n) is 8.31. The lowest BCUT2D eigenvalue weighted by Crippen LogP contribution is -2.53. The molecule has 0 aliphatic carbocycles. The zero-order chi connectivity index (χ0) is 20.1. The molecule has 148 valence electrons. The molecule has 2 heterocycles. The number of hydrogen-bond acceptors (Lipinski definition) is 8. The first kappa shape index (κ1) is 20.6. The summed E-state index contributed by atoms with van der Waals surface area (Å²) in [6, 6.07) is -1.18. The molecule has 0 saturated carbocycles. The maximum absolute atomic E-state index is 12.3. The highest BCUT2D eigenvalue weighted by Gasteiger charge is 2.38. The van der Waals surface area contributed by atoms with Crippen LogP contribution in [0.5, 0.6) is 0 Å². The van der Waals surface area contributed by atoms with Crippen molar-refractivity contribution < 1.29 is 24.4 Å². The molecule has 1 aliphatic rings. The summed E-state index contributed by atoms with van der Waals surface area (Å²) in [5.41, 5.74) is -0.387. The summed E-state index contributed by atoms with van der Waals surface area (Å²) in [7, 11) is 1.23. The molecule has 1 fully saturated rings. The SMILES string of the molecule is CCC(C(=O)OC)N(c1nc(Cl)ncc1[N+](=O)[O-])C1CCN(C(=O)O)CC1. The summed E-state index contributed by atoms with van der Waals surface area (Å²) in [5.74, 6) is -0.645. The van der Waals surface area contributed by atoms with Crippen molar-refractivity contribution in [1.29, 1.82) is 0 Å². The second kappa shape index (κ2) is 8.80. The average Bonchev–Trinajstić information content (AvgIpc) is 2.65. The predicted octanol–water partition coefficient (Wildman–Crippen LogP) is 1.94. The Kier molecular flexibility index (Phi) is 6.72. The predicted molar refractivity (Wildman–Crippen MR) is 94.9 cm³/mol. The molecule has 1 aromatic heterocycles. The molecule has 0 spiro atoms. The van der Waals surface area contributed by atoms with Gasteiger partial charge in [0.25, 0.3) is 0 Å². The van der Waals surface area contributed by atoms with E-state index in [-0.39, 0.29) is 35.9 Å². The molecule has 1 amide bonds. The fourth-order valence-electron chi connectivity index (χ4n) is 3.19. The lowest BCUT2D eigenvalue weighted by Gasteiger charge is -2.40. The van der Waals surface area contributed by atoms with Gasteiger partial charge in [0.1, 0.15) is 12.2 Å². The van der Waals surface area contributed by atoms with Gasteiger partial charge >= 0.3 is 17.7 Å². The van der Waals surface area contributed by atoms with E-state index in [4.69, 9.17) is 21.4 Å². The Morgan fingerprint density at radius 3 is 2.63 bits per heavy atom. The first-order chi connectivity index (χ1) is 12.8. The number of anilines is 1. The third kappa shape index (κ3) is 4.54. The van der Waals surface area contributed by atoms with Crippen LogP contribution in [0.4, 0.5) is 16.3 Å². The number of nitro groups is 1. The molecule has 0 aromatic carbocycles. The van der Waals surface area contributed by atoms with Crippen LogP contribution < -0.4 is 4.90 Å². The maximum Gasteiger partial charge on any atom is 0.407 e. The van der Waals surface area contributed by atoms with Gasteiger partial charge in [-0.15, -0.1) is 0 Å². The van der Waals surface area contributed by atoms with Crippen LogP contribution >= 0.6 is 11.6 Å². The van der Waals surface area contributed by atoms with E-state index in [1.54, 1.807) is 6.92 Å². The molecular formula is C15H20ClN5O6. The zero-order valence-corrected chi connectivity index (χ0v) is 15.6. The zero-order valence-electron chi connectivity index (χ0n) is 14.9. The van der Waals surface area contributed by atoms with E-state index in [1.165, 1.54) is 16.9 Å². The number of aromatic nitrogens is 2. The number of ether oxygens (including phenoxy) is 1. The van der Waals surface area contributed by atoms with Gasteiger partial charge in [-0.2, -0.15) is 4.98 Å². The third-order valence-corrected chi connectivity index (χ3v) is 4.67. The molecule has 27 heavy (non-hydrogen) atoms. The minimum absolute atomic E-state index is 0.0778. The number of nitrogens with zero attached hydrogens (tertiary/aromatic N) is 5.